The highest BCUT2D eigenvalue weighted by Gasteiger charge is 1.99. The van der Waals surface area contributed by atoms with Gasteiger partial charge in [-0.15, -0.1) is 0 Å². The molecule has 0 aliphatic carbocycles. The molecule has 0 atom stereocenters. The van der Waals surface area contributed by atoms with Gasteiger partial charge in [0.2, 0.25) is 5.91 Å². The molecule has 0 aromatic heterocycles. The van der Waals surface area contributed by atoms with Gasteiger partial charge < -0.3 is 14.9 Å². The van der Waals surface area contributed by atoms with E-state index < -0.39 is 0 Å². The SMILES string of the molecule is NOCOCC(=O)NCCOOC=O. The van der Waals surface area contributed by atoms with E-state index in [9.17, 15) is 9.59 Å². The number of nitrogens with one attached hydrogen (secondary N) is 1. The predicted octanol–water partition coefficient (Wildman–Crippen LogP) is -1.93. The maximum Gasteiger partial charge on any atom is 0.330 e. The molecule has 0 unspecified atom stereocenters. The highest BCUT2D eigenvalue weighted by atomic mass is 17.2. The van der Waals surface area contributed by atoms with E-state index in [4.69, 9.17) is 0 Å². The third-order valence-electron chi connectivity index (χ3n) is 0.999. The van der Waals surface area contributed by atoms with Crippen LogP contribution in [0.25, 0.3) is 0 Å². The van der Waals surface area contributed by atoms with E-state index in [1.807, 2.05) is 0 Å². The third kappa shape index (κ3) is 8.87. The first-order chi connectivity index (χ1) is 6.81. The Labute approximate surface area is 80.1 Å². The standard InChI is InChI=1S/C6H12N2O6/c7-12-5-11-3-6(10)8-1-2-13-14-4-9/h4H,1-3,5,7H2,(H,8,10). The summed E-state index contributed by atoms with van der Waals surface area (Å²) in [4.78, 5) is 32.7. The molecule has 0 aromatic rings. The second-order valence-electron chi connectivity index (χ2n) is 2.00. The normalized spacial score (nSPS) is 9.50. The number of hydrogen-bond donors (Lipinski definition) is 2. The van der Waals surface area contributed by atoms with Crippen molar-refractivity contribution in [2.75, 3.05) is 26.6 Å². The lowest BCUT2D eigenvalue weighted by molar-refractivity contribution is -0.257. The lowest BCUT2D eigenvalue weighted by Gasteiger charge is -2.04. The van der Waals surface area contributed by atoms with Gasteiger partial charge in [-0.2, -0.15) is 4.89 Å². The van der Waals surface area contributed by atoms with Crippen LogP contribution in [-0.4, -0.2) is 38.9 Å². The molecule has 0 bridgehead atoms. The van der Waals surface area contributed by atoms with E-state index >= 15 is 0 Å². The second-order valence-corrected chi connectivity index (χ2v) is 2.00. The fraction of sp³-hybridized carbons (Fsp3) is 0.667. The summed E-state index contributed by atoms with van der Waals surface area (Å²) < 4.78 is 4.64. The van der Waals surface area contributed by atoms with Crippen molar-refractivity contribution in [3.8, 4) is 0 Å². The molecule has 0 saturated heterocycles. The van der Waals surface area contributed by atoms with Crippen molar-refractivity contribution in [1.82, 2.24) is 5.32 Å². The Bertz CT molecular complexity index is 164. The van der Waals surface area contributed by atoms with Crippen LogP contribution in [0.15, 0.2) is 0 Å². The smallest absolute Gasteiger partial charge is 0.330 e. The fourth-order valence-electron chi connectivity index (χ4n) is 0.542. The van der Waals surface area contributed by atoms with Gasteiger partial charge >= 0.3 is 6.47 Å². The van der Waals surface area contributed by atoms with E-state index in [0.717, 1.165) is 0 Å². The average molecular weight is 208 g/mol. The molecule has 0 radical (unpaired) electrons. The molecule has 8 heteroatoms. The van der Waals surface area contributed by atoms with Crippen molar-refractivity contribution in [3.05, 3.63) is 0 Å². The van der Waals surface area contributed by atoms with Crippen LogP contribution in [0.3, 0.4) is 0 Å². The van der Waals surface area contributed by atoms with Crippen molar-refractivity contribution in [3.63, 3.8) is 0 Å². The second kappa shape index (κ2) is 9.86. The predicted molar refractivity (Wildman–Crippen MR) is 42.2 cm³/mol. The zero-order valence-corrected chi connectivity index (χ0v) is 7.43. The number of rotatable bonds is 9. The number of carbonyl (C=O) groups is 2. The molecule has 3 N–H and O–H groups in total. The van der Waals surface area contributed by atoms with Gasteiger partial charge in [0.1, 0.15) is 13.2 Å². The first-order valence-electron chi connectivity index (χ1n) is 3.69. The molecular weight excluding hydrogens is 196 g/mol. The Kier molecular flexibility index (Phi) is 9.01. The van der Waals surface area contributed by atoms with E-state index in [-0.39, 0.29) is 38.9 Å². The summed E-state index contributed by atoms with van der Waals surface area (Å²) in [6.45, 7) is 0.102. The molecular formula is C6H12N2O6. The minimum absolute atomic E-state index is 0.0673. The first-order valence-corrected chi connectivity index (χ1v) is 3.69. The number of hydrogen-bond acceptors (Lipinski definition) is 7. The van der Waals surface area contributed by atoms with Crippen molar-refractivity contribution < 1.29 is 28.9 Å². The topological polar surface area (TPSA) is 109 Å². The largest absolute Gasteiger partial charge is 0.352 e. The van der Waals surface area contributed by atoms with Crippen molar-refractivity contribution in [2.24, 2.45) is 5.90 Å². The van der Waals surface area contributed by atoms with Crippen LogP contribution in [-0.2, 0) is 28.9 Å². The molecule has 8 nitrogen and oxygen atoms in total. The highest BCUT2D eigenvalue weighted by molar-refractivity contribution is 5.77. The Hall–Kier alpha value is -1.22. The summed E-state index contributed by atoms with van der Waals surface area (Å²) in [5, 5.41) is 2.42. The zero-order chi connectivity index (χ0) is 10.6. The van der Waals surface area contributed by atoms with Crippen molar-refractivity contribution in [1.29, 1.82) is 0 Å². The molecule has 0 aliphatic heterocycles. The summed E-state index contributed by atoms with van der Waals surface area (Å²) in [5.41, 5.74) is 0. The van der Waals surface area contributed by atoms with E-state index in [0.29, 0.717) is 0 Å². The van der Waals surface area contributed by atoms with Gasteiger partial charge in [0.05, 0.1) is 0 Å². The van der Waals surface area contributed by atoms with Crippen LogP contribution in [0.5, 0.6) is 0 Å². The molecule has 82 valence electrons. The maximum atomic E-state index is 10.9. The van der Waals surface area contributed by atoms with Crippen LogP contribution in [0.1, 0.15) is 0 Å². The van der Waals surface area contributed by atoms with Crippen LogP contribution >= 0.6 is 0 Å². The van der Waals surface area contributed by atoms with E-state index in [2.05, 4.69) is 30.6 Å². The lowest BCUT2D eigenvalue weighted by Crippen LogP contribution is -2.31. The number of amides is 1. The monoisotopic (exact) mass is 208 g/mol. The zero-order valence-electron chi connectivity index (χ0n) is 7.43. The number of nitrogens with two attached hydrogens (primary N) is 1. The highest BCUT2D eigenvalue weighted by Crippen LogP contribution is 1.76. The summed E-state index contributed by atoms with van der Waals surface area (Å²) >= 11 is 0. The summed E-state index contributed by atoms with van der Waals surface area (Å²) in [5.74, 6) is 4.29. The molecule has 0 aromatic carbocycles. The van der Waals surface area contributed by atoms with E-state index in [1.54, 1.807) is 0 Å². The van der Waals surface area contributed by atoms with Gasteiger partial charge in [-0.25, -0.2) is 5.90 Å². The third-order valence-corrected chi connectivity index (χ3v) is 0.999. The Morgan fingerprint density at radius 3 is 2.93 bits per heavy atom. The van der Waals surface area contributed by atoms with Crippen molar-refractivity contribution >= 4 is 12.4 Å². The molecule has 0 saturated carbocycles. The van der Waals surface area contributed by atoms with Gasteiger partial charge in [-0.1, -0.05) is 0 Å². The van der Waals surface area contributed by atoms with Crippen LogP contribution in [0, 0.1) is 0 Å². The van der Waals surface area contributed by atoms with Gasteiger partial charge in [-0.05, 0) is 0 Å². The fourth-order valence-corrected chi connectivity index (χ4v) is 0.542. The molecule has 1 amide bonds. The van der Waals surface area contributed by atoms with Gasteiger partial charge in [0.25, 0.3) is 0 Å². The van der Waals surface area contributed by atoms with Gasteiger partial charge in [-0.3, -0.25) is 14.4 Å². The molecule has 0 rings (SSSR count). The average Bonchev–Trinajstić information content (AvgIpc) is 2.18. The summed E-state index contributed by atoms with van der Waals surface area (Å²) in [7, 11) is 0. The van der Waals surface area contributed by atoms with Crippen LogP contribution in [0.4, 0.5) is 0 Å². The number of ether oxygens (including phenoxy) is 1. The minimum atomic E-state index is -0.350. The quantitative estimate of drug-likeness (QED) is 0.149. The molecule has 0 fully saturated rings. The maximum absolute atomic E-state index is 10.9. The Morgan fingerprint density at radius 2 is 2.29 bits per heavy atom. The minimum Gasteiger partial charge on any atom is -0.352 e. The summed E-state index contributed by atoms with van der Waals surface area (Å²) in [6.07, 6.45) is 0. The van der Waals surface area contributed by atoms with Crippen LogP contribution in [0.2, 0.25) is 0 Å². The lowest BCUT2D eigenvalue weighted by atomic mass is 10.6. The van der Waals surface area contributed by atoms with Gasteiger partial charge in [0.15, 0.2) is 6.79 Å². The first kappa shape index (κ1) is 12.8. The Balaban J connectivity index is 3.14. The Morgan fingerprint density at radius 1 is 1.50 bits per heavy atom. The van der Waals surface area contributed by atoms with E-state index in [1.165, 1.54) is 0 Å². The molecule has 0 spiro atoms. The number of carbonyl (C=O) groups excluding carboxylic acids is 2. The summed E-state index contributed by atoms with van der Waals surface area (Å²) in [6, 6.07) is 0. The molecule has 0 aliphatic rings. The van der Waals surface area contributed by atoms with Crippen LogP contribution < -0.4 is 11.2 Å². The molecule has 0 heterocycles. The van der Waals surface area contributed by atoms with Crippen molar-refractivity contribution in [2.45, 2.75) is 0 Å². The molecule has 14 heavy (non-hydrogen) atoms. The van der Waals surface area contributed by atoms with Gasteiger partial charge in [0, 0.05) is 6.54 Å².